The first-order chi connectivity index (χ1) is 18.8. The monoisotopic (exact) mass is 546 g/mol. The number of hydrogen-bond acceptors (Lipinski definition) is 3. The van der Waals surface area contributed by atoms with Gasteiger partial charge in [0.15, 0.2) is 23.1 Å². The van der Waals surface area contributed by atoms with Gasteiger partial charge in [-0.25, -0.2) is 8.78 Å². The number of rotatable bonds is 11. The molecule has 0 saturated carbocycles. The molecule has 4 rings (SSSR count). The van der Waals surface area contributed by atoms with Crippen molar-refractivity contribution in [3.63, 3.8) is 0 Å². The molecule has 0 N–H and O–H groups in total. The van der Waals surface area contributed by atoms with Gasteiger partial charge in [0.2, 0.25) is 17.5 Å². The molecular weight excluding hydrogens is 515 g/mol. The summed E-state index contributed by atoms with van der Waals surface area (Å²) in [5.74, 6) is -5.59. The molecule has 3 nitrogen and oxygen atoms in total. The molecule has 1 aliphatic rings. The largest absolute Gasteiger partial charge is 0.491 e. The molecule has 0 saturated heterocycles. The first-order valence-corrected chi connectivity index (χ1v) is 13.2. The van der Waals surface area contributed by atoms with E-state index in [9.17, 15) is 22.0 Å². The van der Waals surface area contributed by atoms with E-state index < -0.39 is 29.1 Å². The van der Waals surface area contributed by atoms with Crippen molar-refractivity contribution in [2.45, 2.75) is 58.5 Å². The van der Waals surface area contributed by atoms with Crippen molar-refractivity contribution in [3.05, 3.63) is 94.3 Å². The zero-order valence-electron chi connectivity index (χ0n) is 22.0. The van der Waals surface area contributed by atoms with Crippen LogP contribution >= 0.6 is 0 Å². The number of hydrogen-bond donors (Lipinski definition) is 0. The average molecular weight is 547 g/mol. The van der Waals surface area contributed by atoms with Crippen LogP contribution in [0.5, 0.6) is 17.2 Å². The Morgan fingerprint density at radius 2 is 1.44 bits per heavy atom. The first-order valence-electron chi connectivity index (χ1n) is 13.2. The Balaban J connectivity index is 1.40. The zero-order valence-corrected chi connectivity index (χ0v) is 22.0. The van der Waals surface area contributed by atoms with Gasteiger partial charge in [-0.2, -0.15) is 13.2 Å². The summed E-state index contributed by atoms with van der Waals surface area (Å²) >= 11 is 0. The highest BCUT2D eigenvalue weighted by Gasteiger charge is 2.24. The van der Waals surface area contributed by atoms with Crippen LogP contribution in [-0.4, -0.2) is 13.2 Å². The molecule has 0 radical (unpaired) electrons. The SMILES string of the molecule is CCCCOc1ccc(OCc2ccc(C3=CCC(c4ccc(OCC)c(F)c4F)CC3)cc2F)c(F)c1F. The lowest BCUT2D eigenvalue weighted by atomic mass is 9.82. The molecule has 0 fully saturated rings. The molecule has 0 heterocycles. The fourth-order valence-corrected chi connectivity index (χ4v) is 4.59. The maximum absolute atomic E-state index is 14.9. The van der Waals surface area contributed by atoms with Crippen molar-refractivity contribution in [2.24, 2.45) is 0 Å². The molecule has 1 unspecified atom stereocenters. The smallest absolute Gasteiger partial charge is 0.204 e. The predicted octanol–water partition coefficient (Wildman–Crippen LogP) is 8.89. The quantitative estimate of drug-likeness (QED) is 0.178. The third kappa shape index (κ3) is 6.54. The molecule has 8 heteroatoms. The van der Waals surface area contributed by atoms with Crippen LogP contribution in [0, 0.1) is 29.1 Å². The highest BCUT2D eigenvalue weighted by molar-refractivity contribution is 5.67. The summed E-state index contributed by atoms with van der Waals surface area (Å²) in [6.07, 6.45) is 5.10. The molecule has 1 aliphatic carbocycles. The molecule has 3 aromatic rings. The summed E-state index contributed by atoms with van der Waals surface area (Å²) in [7, 11) is 0. The van der Waals surface area contributed by atoms with E-state index in [0.717, 1.165) is 12.0 Å². The van der Waals surface area contributed by atoms with E-state index in [1.807, 2.05) is 13.0 Å². The normalized spacial score (nSPS) is 15.2. The van der Waals surface area contributed by atoms with Gasteiger partial charge < -0.3 is 14.2 Å². The summed E-state index contributed by atoms with van der Waals surface area (Å²) in [6.45, 7) is 3.89. The van der Waals surface area contributed by atoms with Crippen molar-refractivity contribution in [1.82, 2.24) is 0 Å². The second-order valence-electron chi connectivity index (χ2n) is 9.40. The number of ether oxygens (including phenoxy) is 3. The topological polar surface area (TPSA) is 27.7 Å². The number of unbranched alkanes of at least 4 members (excludes halogenated alkanes) is 1. The number of benzene rings is 3. The molecular formula is C31H31F5O3. The maximum atomic E-state index is 14.9. The lowest BCUT2D eigenvalue weighted by Crippen LogP contribution is -2.09. The Bertz CT molecular complexity index is 1340. The van der Waals surface area contributed by atoms with E-state index in [-0.39, 0.29) is 48.6 Å². The lowest BCUT2D eigenvalue weighted by molar-refractivity contribution is 0.264. The Morgan fingerprint density at radius 3 is 2.08 bits per heavy atom. The molecule has 0 aliphatic heterocycles. The minimum absolute atomic E-state index is 0.105. The molecule has 1 atom stereocenters. The van der Waals surface area contributed by atoms with Crippen LogP contribution in [0.3, 0.4) is 0 Å². The van der Waals surface area contributed by atoms with Gasteiger partial charge in [0.25, 0.3) is 0 Å². The number of allylic oxidation sites excluding steroid dienone is 2. The molecule has 39 heavy (non-hydrogen) atoms. The number of halogens is 5. The van der Waals surface area contributed by atoms with E-state index in [1.165, 1.54) is 30.3 Å². The van der Waals surface area contributed by atoms with Gasteiger partial charge in [-0.3, -0.25) is 0 Å². The minimum atomic E-state index is -1.19. The first kappa shape index (κ1) is 28.5. The fraction of sp³-hybridized carbons (Fsp3) is 0.355. The van der Waals surface area contributed by atoms with Gasteiger partial charge in [0.05, 0.1) is 13.2 Å². The van der Waals surface area contributed by atoms with Crippen LogP contribution < -0.4 is 14.2 Å². The second-order valence-corrected chi connectivity index (χ2v) is 9.40. The summed E-state index contributed by atoms with van der Waals surface area (Å²) in [5, 5.41) is 0. The third-order valence-corrected chi connectivity index (χ3v) is 6.80. The standard InChI is InChI=1S/C31H31F5O3/c1-3-5-16-38-26-14-15-27(31(36)30(26)35)39-18-22-11-10-21(17-24(22)32)19-6-8-20(9-7-19)23-12-13-25(37-4-2)29(34)28(23)33/h6,10-15,17,20H,3-5,7-9,16,18H2,1-2H3. The van der Waals surface area contributed by atoms with Crippen LogP contribution in [0.2, 0.25) is 0 Å². The van der Waals surface area contributed by atoms with Crippen molar-refractivity contribution in [1.29, 1.82) is 0 Å². The predicted molar refractivity (Wildman–Crippen MR) is 140 cm³/mol. The van der Waals surface area contributed by atoms with Gasteiger partial charge in [-0.1, -0.05) is 37.6 Å². The molecule has 0 aromatic heterocycles. The molecule has 0 spiro atoms. The van der Waals surface area contributed by atoms with E-state index in [0.29, 0.717) is 36.8 Å². The van der Waals surface area contributed by atoms with Crippen LogP contribution in [0.15, 0.2) is 48.5 Å². The molecule has 208 valence electrons. The average Bonchev–Trinajstić information content (AvgIpc) is 2.94. The van der Waals surface area contributed by atoms with E-state index in [4.69, 9.17) is 14.2 Å². The Labute approximate surface area is 225 Å². The van der Waals surface area contributed by atoms with Crippen LogP contribution in [-0.2, 0) is 6.61 Å². The van der Waals surface area contributed by atoms with Crippen LogP contribution in [0.1, 0.15) is 68.6 Å². The van der Waals surface area contributed by atoms with Crippen molar-refractivity contribution >= 4 is 5.57 Å². The van der Waals surface area contributed by atoms with Crippen LogP contribution in [0.25, 0.3) is 5.57 Å². The third-order valence-electron chi connectivity index (χ3n) is 6.80. The zero-order chi connectivity index (χ0) is 27.9. The maximum Gasteiger partial charge on any atom is 0.204 e. The molecule has 0 bridgehead atoms. The van der Waals surface area contributed by atoms with E-state index in [2.05, 4.69) is 0 Å². The summed E-state index contributed by atoms with van der Waals surface area (Å²) in [6, 6.07) is 10.2. The summed E-state index contributed by atoms with van der Waals surface area (Å²) in [5.41, 5.74) is 2.05. The summed E-state index contributed by atoms with van der Waals surface area (Å²) in [4.78, 5) is 0. The highest BCUT2D eigenvalue weighted by atomic mass is 19.2. The van der Waals surface area contributed by atoms with E-state index in [1.54, 1.807) is 19.1 Å². The summed E-state index contributed by atoms with van der Waals surface area (Å²) < 4.78 is 88.2. The molecule has 0 amide bonds. The van der Waals surface area contributed by atoms with Gasteiger partial charge in [0, 0.05) is 5.56 Å². The highest BCUT2D eigenvalue weighted by Crippen LogP contribution is 2.39. The van der Waals surface area contributed by atoms with E-state index >= 15 is 0 Å². The fourth-order valence-electron chi connectivity index (χ4n) is 4.59. The van der Waals surface area contributed by atoms with Gasteiger partial charge in [0.1, 0.15) is 12.4 Å². The van der Waals surface area contributed by atoms with Crippen molar-refractivity contribution < 1.29 is 36.2 Å². The van der Waals surface area contributed by atoms with Gasteiger partial charge in [-0.05, 0) is 79.5 Å². The van der Waals surface area contributed by atoms with Gasteiger partial charge >= 0.3 is 0 Å². The second kappa shape index (κ2) is 13.0. The minimum Gasteiger partial charge on any atom is -0.491 e. The van der Waals surface area contributed by atoms with Gasteiger partial charge in [-0.15, -0.1) is 0 Å². The molecule has 3 aromatic carbocycles. The van der Waals surface area contributed by atoms with Crippen molar-refractivity contribution in [2.75, 3.05) is 13.2 Å². The van der Waals surface area contributed by atoms with Crippen molar-refractivity contribution in [3.8, 4) is 17.2 Å². The lowest BCUT2D eigenvalue weighted by Gasteiger charge is -2.23. The Kier molecular flexibility index (Phi) is 9.49. The Hall–Kier alpha value is -3.55. The Morgan fingerprint density at radius 1 is 0.769 bits per heavy atom. The van der Waals surface area contributed by atoms with Crippen LogP contribution in [0.4, 0.5) is 22.0 Å².